The van der Waals surface area contributed by atoms with Crippen LogP contribution in [0.25, 0.3) is 16.7 Å². The molecule has 0 unspecified atom stereocenters. The summed E-state index contributed by atoms with van der Waals surface area (Å²) in [6.45, 7) is 0.654. The maximum Gasteiger partial charge on any atom is 0.113 e. The fourth-order valence-electron chi connectivity index (χ4n) is 2.07. The van der Waals surface area contributed by atoms with Crippen LogP contribution in [0.15, 0.2) is 48.5 Å². The first kappa shape index (κ1) is 10.9. The maximum atomic E-state index is 5.59. The minimum absolute atomic E-state index is 0.654. The third kappa shape index (κ3) is 1.87. The molecule has 0 amide bonds. The van der Waals surface area contributed by atoms with Gasteiger partial charge in [0, 0.05) is 0 Å². The summed E-state index contributed by atoms with van der Waals surface area (Å²) in [6, 6.07) is 16.2. The molecule has 0 bridgehead atoms. The summed E-state index contributed by atoms with van der Waals surface area (Å²) in [5, 5.41) is 8.36. The molecule has 0 fully saturated rings. The highest BCUT2D eigenvalue weighted by Crippen LogP contribution is 2.16. The Balaban J connectivity index is 2.11. The number of fused-ring (bicyclic) bond motifs is 1. The summed E-state index contributed by atoms with van der Waals surface area (Å²) >= 11 is 0. The minimum Gasteiger partial charge on any atom is -0.330 e. The smallest absolute Gasteiger partial charge is 0.113 e. The molecule has 3 rings (SSSR count). The van der Waals surface area contributed by atoms with Crippen molar-refractivity contribution in [1.29, 1.82) is 0 Å². The Morgan fingerprint density at radius 1 is 1.06 bits per heavy atom. The van der Waals surface area contributed by atoms with Crippen LogP contribution in [0.1, 0.15) is 5.56 Å². The first-order valence-electron chi connectivity index (χ1n) is 5.98. The van der Waals surface area contributed by atoms with Crippen LogP contribution in [-0.2, 0) is 6.42 Å². The summed E-state index contributed by atoms with van der Waals surface area (Å²) in [5.74, 6) is 0. The third-order valence-corrected chi connectivity index (χ3v) is 2.94. The van der Waals surface area contributed by atoms with E-state index in [-0.39, 0.29) is 0 Å². The topological polar surface area (TPSA) is 56.7 Å². The van der Waals surface area contributed by atoms with Gasteiger partial charge in [0.2, 0.25) is 0 Å². The molecule has 0 atom stereocenters. The van der Waals surface area contributed by atoms with E-state index in [2.05, 4.69) is 22.4 Å². The Hall–Kier alpha value is -2.20. The van der Waals surface area contributed by atoms with Gasteiger partial charge in [-0.1, -0.05) is 29.5 Å². The first-order chi connectivity index (χ1) is 8.88. The van der Waals surface area contributed by atoms with E-state index in [0.29, 0.717) is 6.54 Å². The second-order valence-electron chi connectivity index (χ2n) is 4.20. The molecule has 0 saturated carbocycles. The van der Waals surface area contributed by atoms with Crippen LogP contribution in [0, 0.1) is 0 Å². The molecule has 4 heteroatoms. The normalized spacial score (nSPS) is 10.9. The van der Waals surface area contributed by atoms with Gasteiger partial charge in [-0.05, 0) is 42.8 Å². The molecule has 0 aliphatic rings. The SMILES string of the molecule is NCCc1cccc(-n2nnc3ccccc32)c1. The van der Waals surface area contributed by atoms with Crippen molar-refractivity contribution in [2.45, 2.75) is 6.42 Å². The molecule has 2 N–H and O–H groups in total. The summed E-state index contributed by atoms with van der Waals surface area (Å²) in [4.78, 5) is 0. The van der Waals surface area contributed by atoms with E-state index < -0.39 is 0 Å². The Kier molecular flexibility index (Phi) is 2.78. The number of nitrogens with two attached hydrogens (primary N) is 1. The molecular formula is C14H14N4. The fourth-order valence-corrected chi connectivity index (χ4v) is 2.07. The van der Waals surface area contributed by atoms with Crippen LogP contribution in [0.2, 0.25) is 0 Å². The number of hydrogen-bond acceptors (Lipinski definition) is 3. The Labute approximate surface area is 105 Å². The van der Waals surface area contributed by atoms with E-state index in [4.69, 9.17) is 5.73 Å². The van der Waals surface area contributed by atoms with Crippen LogP contribution >= 0.6 is 0 Å². The molecule has 0 aliphatic heterocycles. The van der Waals surface area contributed by atoms with E-state index in [1.165, 1.54) is 5.56 Å². The van der Waals surface area contributed by atoms with Gasteiger partial charge in [0.05, 0.1) is 11.2 Å². The highest BCUT2D eigenvalue weighted by Gasteiger charge is 2.05. The van der Waals surface area contributed by atoms with Crippen molar-refractivity contribution in [1.82, 2.24) is 15.0 Å². The summed E-state index contributed by atoms with van der Waals surface area (Å²) < 4.78 is 1.86. The average molecular weight is 238 g/mol. The van der Waals surface area contributed by atoms with E-state index in [0.717, 1.165) is 23.1 Å². The van der Waals surface area contributed by atoms with Crippen LogP contribution in [0.5, 0.6) is 0 Å². The second kappa shape index (κ2) is 4.58. The predicted octanol–water partition coefficient (Wildman–Crippen LogP) is 1.92. The van der Waals surface area contributed by atoms with E-state index in [9.17, 15) is 0 Å². The van der Waals surface area contributed by atoms with Gasteiger partial charge in [0.25, 0.3) is 0 Å². The largest absolute Gasteiger partial charge is 0.330 e. The molecule has 0 saturated heterocycles. The quantitative estimate of drug-likeness (QED) is 0.758. The number of para-hydroxylation sites is 1. The van der Waals surface area contributed by atoms with Crippen molar-refractivity contribution in [3.05, 3.63) is 54.1 Å². The monoisotopic (exact) mass is 238 g/mol. The van der Waals surface area contributed by atoms with Gasteiger partial charge in [-0.25, -0.2) is 4.68 Å². The Morgan fingerprint density at radius 3 is 2.83 bits per heavy atom. The number of nitrogens with zero attached hydrogens (tertiary/aromatic N) is 3. The fraction of sp³-hybridized carbons (Fsp3) is 0.143. The van der Waals surface area contributed by atoms with Crippen molar-refractivity contribution in [3.8, 4) is 5.69 Å². The highest BCUT2D eigenvalue weighted by molar-refractivity contribution is 5.75. The van der Waals surface area contributed by atoms with Crippen LogP contribution < -0.4 is 5.73 Å². The Morgan fingerprint density at radius 2 is 1.94 bits per heavy atom. The summed E-state index contributed by atoms with van der Waals surface area (Å²) in [5.41, 5.74) is 9.75. The van der Waals surface area contributed by atoms with E-state index >= 15 is 0 Å². The van der Waals surface area contributed by atoms with Gasteiger partial charge in [0.1, 0.15) is 5.52 Å². The van der Waals surface area contributed by atoms with E-state index in [1.54, 1.807) is 0 Å². The summed E-state index contributed by atoms with van der Waals surface area (Å²) in [6.07, 6.45) is 0.875. The molecule has 1 aromatic heterocycles. The van der Waals surface area contributed by atoms with Crippen molar-refractivity contribution < 1.29 is 0 Å². The molecule has 90 valence electrons. The number of aromatic nitrogens is 3. The number of rotatable bonds is 3. The van der Waals surface area contributed by atoms with E-state index in [1.807, 2.05) is 41.1 Å². The van der Waals surface area contributed by atoms with Crippen LogP contribution in [0.3, 0.4) is 0 Å². The molecule has 18 heavy (non-hydrogen) atoms. The Bertz CT molecular complexity index is 672. The van der Waals surface area contributed by atoms with Crippen molar-refractivity contribution >= 4 is 11.0 Å². The van der Waals surface area contributed by atoms with Gasteiger partial charge < -0.3 is 5.73 Å². The molecule has 0 aliphatic carbocycles. The summed E-state index contributed by atoms with van der Waals surface area (Å²) in [7, 11) is 0. The lowest BCUT2D eigenvalue weighted by molar-refractivity contribution is 0.821. The molecule has 3 aromatic rings. The van der Waals surface area contributed by atoms with Crippen molar-refractivity contribution in [2.24, 2.45) is 5.73 Å². The third-order valence-electron chi connectivity index (χ3n) is 2.94. The molecule has 0 spiro atoms. The molecule has 2 aromatic carbocycles. The number of hydrogen-bond donors (Lipinski definition) is 1. The van der Waals surface area contributed by atoms with Gasteiger partial charge >= 0.3 is 0 Å². The van der Waals surface area contributed by atoms with Gasteiger partial charge in [-0.2, -0.15) is 0 Å². The lowest BCUT2D eigenvalue weighted by atomic mass is 10.1. The van der Waals surface area contributed by atoms with Crippen LogP contribution in [-0.4, -0.2) is 21.5 Å². The van der Waals surface area contributed by atoms with Gasteiger partial charge in [0.15, 0.2) is 0 Å². The maximum absolute atomic E-state index is 5.59. The van der Waals surface area contributed by atoms with Crippen LogP contribution in [0.4, 0.5) is 0 Å². The lowest BCUT2D eigenvalue weighted by Gasteiger charge is -2.04. The predicted molar refractivity (Wildman–Crippen MR) is 71.6 cm³/mol. The first-order valence-corrected chi connectivity index (χ1v) is 5.98. The number of benzene rings is 2. The average Bonchev–Trinajstić information content (AvgIpc) is 2.83. The molecule has 0 radical (unpaired) electrons. The lowest BCUT2D eigenvalue weighted by Crippen LogP contribution is -2.04. The zero-order valence-corrected chi connectivity index (χ0v) is 9.95. The molecule has 1 heterocycles. The zero-order chi connectivity index (χ0) is 12.4. The van der Waals surface area contributed by atoms with Gasteiger partial charge in [-0.15, -0.1) is 5.10 Å². The standard InChI is InChI=1S/C14H14N4/c15-9-8-11-4-3-5-12(10-11)18-14-7-2-1-6-13(14)16-17-18/h1-7,10H,8-9,15H2. The zero-order valence-electron chi connectivity index (χ0n) is 9.95. The van der Waals surface area contributed by atoms with Gasteiger partial charge in [-0.3, -0.25) is 0 Å². The van der Waals surface area contributed by atoms with Crippen molar-refractivity contribution in [3.63, 3.8) is 0 Å². The molecule has 4 nitrogen and oxygen atoms in total. The molecular weight excluding hydrogens is 224 g/mol. The minimum atomic E-state index is 0.654. The highest BCUT2D eigenvalue weighted by atomic mass is 15.4. The van der Waals surface area contributed by atoms with Crippen molar-refractivity contribution in [2.75, 3.05) is 6.54 Å². The second-order valence-corrected chi connectivity index (χ2v) is 4.20.